The van der Waals surface area contributed by atoms with Crippen LogP contribution >= 0.6 is 0 Å². The zero-order chi connectivity index (χ0) is 15.7. The van der Waals surface area contributed by atoms with Crippen molar-refractivity contribution in [2.45, 2.75) is 51.8 Å². The van der Waals surface area contributed by atoms with Gasteiger partial charge in [0.1, 0.15) is 11.3 Å². The largest absolute Gasteiger partial charge is 0.382 e. The van der Waals surface area contributed by atoms with Crippen molar-refractivity contribution in [1.29, 1.82) is 0 Å². The number of hydrogen-bond acceptors (Lipinski definition) is 6. The van der Waals surface area contributed by atoms with Crippen molar-refractivity contribution >= 4 is 0 Å². The maximum Gasteiger partial charge on any atom is 0.150 e. The summed E-state index contributed by atoms with van der Waals surface area (Å²) in [7, 11) is 0. The van der Waals surface area contributed by atoms with Crippen LogP contribution in [0.2, 0.25) is 0 Å². The highest BCUT2D eigenvalue weighted by molar-refractivity contribution is 5.11. The zero-order valence-electron chi connectivity index (χ0n) is 13.4. The van der Waals surface area contributed by atoms with E-state index in [0.29, 0.717) is 25.2 Å². The van der Waals surface area contributed by atoms with Gasteiger partial charge in [0.05, 0.1) is 18.4 Å². The Balaban J connectivity index is 1.72. The number of rotatable bonds is 4. The number of nitrogens with zero attached hydrogens (tertiary/aromatic N) is 5. The van der Waals surface area contributed by atoms with Gasteiger partial charge in [-0.2, -0.15) is 0 Å². The molecule has 0 unspecified atom stereocenters. The van der Waals surface area contributed by atoms with E-state index in [2.05, 4.69) is 20.4 Å². The normalized spacial score (nSPS) is 23.3. The average molecular weight is 305 g/mol. The number of likely N-dealkylation sites (tertiary alicyclic amines) is 1. The molecule has 7 heteroatoms. The summed E-state index contributed by atoms with van der Waals surface area (Å²) in [6.07, 6.45) is 3.47. The Labute approximate surface area is 129 Å². The van der Waals surface area contributed by atoms with Crippen LogP contribution in [0.5, 0.6) is 0 Å². The zero-order valence-corrected chi connectivity index (χ0v) is 13.4. The first-order valence-corrected chi connectivity index (χ1v) is 7.75. The van der Waals surface area contributed by atoms with E-state index in [1.54, 1.807) is 4.68 Å². The number of β-amino-alcohol motifs (C(OH)–C–C–N with tert-alkyl or cyclic N) is 1. The average Bonchev–Trinajstić information content (AvgIpc) is 3.08. The maximum atomic E-state index is 11.0. The summed E-state index contributed by atoms with van der Waals surface area (Å²) < 4.78 is 7.05. The molecule has 1 aliphatic rings. The number of hydrogen-bond donors (Lipinski definition) is 1. The monoisotopic (exact) mass is 305 g/mol. The second-order valence-electron chi connectivity index (χ2n) is 6.46. The molecule has 0 aliphatic carbocycles. The molecule has 0 radical (unpaired) electrons. The fourth-order valence-electron chi connectivity index (χ4n) is 2.92. The van der Waals surface area contributed by atoms with E-state index in [1.807, 2.05) is 33.0 Å². The summed E-state index contributed by atoms with van der Waals surface area (Å²) >= 11 is 0. The van der Waals surface area contributed by atoms with Crippen LogP contribution in [0.15, 0.2) is 16.8 Å². The number of aryl methyl sites for hydroxylation is 1. The smallest absolute Gasteiger partial charge is 0.150 e. The van der Waals surface area contributed by atoms with Crippen LogP contribution in [-0.2, 0) is 12.1 Å². The highest BCUT2D eigenvalue weighted by Gasteiger charge is 2.37. The van der Waals surface area contributed by atoms with Crippen molar-refractivity contribution < 1.29 is 9.63 Å². The highest BCUT2D eigenvalue weighted by Crippen LogP contribution is 2.31. The number of aromatic nitrogens is 4. The van der Waals surface area contributed by atoms with Crippen LogP contribution in [-0.4, -0.2) is 43.2 Å². The van der Waals surface area contributed by atoms with Crippen molar-refractivity contribution in [2.75, 3.05) is 13.1 Å². The summed E-state index contributed by atoms with van der Waals surface area (Å²) in [5.41, 5.74) is 0.585. The molecule has 3 heterocycles. The van der Waals surface area contributed by atoms with Gasteiger partial charge in [-0.15, -0.1) is 5.10 Å². The predicted molar refractivity (Wildman–Crippen MR) is 80.1 cm³/mol. The lowest BCUT2D eigenvalue weighted by Crippen LogP contribution is -2.45. The van der Waals surface area contributed by atoms with Crippen LogP contribution in [0.3, 0.4) is 0 Å². The molecular weight excluding hydrogens is 282 g/mol. The maximum absolute atomic E-state index is 11.0. The molecule has 1 saturated heterocycles. The Morgan fingerprint density at radius 2 is 2.27 bits per heavy atom. The van der Waals surface area contributed by atoms with E-state index in [4.69, 9.17) is 4.52 Å². The van der Waals surface area contributed by atoms with E-state index >= 15 is 0 Å². The van der Waals surface area contributed by atoms with Gasteiger partial charge in [0, 0.05) is 18.7 Å². The topological polar surface area (TPSA) is 80.2 Å². The van der Waals surface area contributed by atoms with Crippen LogP contribution in [0.25, 0.3) is 0 Å². The number of aliphatic hydroxyl groups is 1. The Morgan fingerprint density at radius 1 is 1.45 bits per heavy atom. The summed E-state index contributed by atoms with van der Waals surface area (Å²) in [4.78, 5) is 2.18. The molecule has 3 rings (SSSR count). The molecule has 0 amide bonds. The van der Waals surface area contributed by atoms with E-state index in [9.17, 15) is 5.11 Å². The van der Waals surface area contributed by atoms with E-state index < -0.39 is 5.60 Å². The summed E-state index contributed by atoms with van der Waals surface area (Å²) in [6, 6.07) is 2.17. The first kappa shape index (κ1) is 15.2. The number of piperidine rings is 1. The van der Waals surface area contributed by atoms with Crippen molar-refractivity contribution in [3.05, 3.63) is 29.4 Å². The molecule has 0 aromatic carbocycles. The van der Waals surface area contributed by atoms with Crippen LogP contribution in [0.1, 0.15) is 49.9 Å². The lowest BCUT2D eigenvalue weighted by atomic mass is 9.90. The van der Waals surface area contributed by atoms with E-state index in [-0.39, 0.29) is 6.04 Å². The standard InChI is InChI=1S/C15H23N5O2/c1-11(2)20-9-14(16-18-20)15(21)5-4-6-19(10-15)8-13-7-12(3)17-22-13/h7,9,11,21H,4-6,8,10H2,1-3H3/t15-/m1/s1. The fraction of sp³-hybridized carbons (Fsp3) is 0.667. The van der Waals surface area contributed by atoms with Crippen molar-refractivity contribution in [2.24, 2.45) is 0 Å². The first-order chi connectivity index (χ1) is 10.5. The molecule has 0 bridgehead atoms. The molecule has 1 N–H and O–H groups in total. The molecule has 0 saturated carbocycles. The van der Waals surface area contributed by atoms with Gasteiger partial charge in [-0.05, 0) is 40.2 Å². The lowest BCUT2D eigenvalue weighted by Gasteiger charge is -2.37. The molecule has 2 aromatic heterocycles. The summed E-state index contributed by atoms with van der Waals surface area (Å²) in [6.45, 7) is 8.11. The highest BCUT2D eigenvalue weighted by atomic mass is 16.5. The van der Waals surface area contributed by atoms with Crippen LogP contribution in [0.4, 0.5) is 0 Å². The Morgan fingerprint density at radius 3 is 2.91 bits per heavy atom. The fourth-order valence-corrected chi connectivity index (χ4v) is 2.92. The third kappa shape index (κ3) is 3.05. The van der Waals surface area contributed by atoms with Crippen molar-refractivity contribution in [3.8, 4) is 0 Å². The van der Waals surface area contributed by atoms with E-state index in [0.717, 1.165) is 24.4 Å². The van der Waals surface area contributed by atoms with Gasteiger partial charge in [0.2, 0.25) is 0 Å². The second kappa shape index (κ2) is 5.81. The van der Waals surface area contributed by atoms with Gasteiger partial charge in [-0.3, -0.25) is 4.90 Å². The van der Waals surface area contributed by atoms with Crippen LogP contribution < -0.4 is 0 Å². The summed E-state index contributed by atoms with van der Waals surface area (Å²) in [5.74, 6) is 0.826. The molecule has 7 nitrogen and oxygen atoms in total. The molecule has 120 valence electrons. The molecular formula is C15H23N5O2. The quantitative estimate of drug-likeness (QED) is 0.925. The third-order valence-electron chi connectivity index (χ3n) is 4.12. The second-order valence-corrected chi connectivity index (χ2v) is 6.46. The van der Waals surface area contributed by atoms with Gasteiger partial charge in [0.15, 0.2) is 5.76 Å². The van der Waals surface area contributed by atoms with Gasteiger partial charge in [-0.25, -0.2) is 4.68 Å². The summed E-state index contributed by atoms with van der Waals surface area (Å²) in [5, 5.41) is 23.2. The Hall–Kier alpha value is -1.73. The molecule has 0 spiro atoms. The van der Waals surface area contributed by atoms with Gasteiger partial charge in [0.25, 0.3) is 0 Å². The predicted octanol–water partition coefficient (Wildman–Crippen LogP) is 1.64. The van der Waals surface area contributed by atoms with Gasteiger partial charge >= 0.3 is 0 Å². The van der Waals surface area contributed by atoms with Crippen molar-refractivity contribution in [3.63, 3.8) is 0 Å². The molecule has 1 fully saturated rings. The van der Waals surface area contributed by atoms with Gasteiger partial charge in [-0.1, -0.05) is 10.4 Å². The SMILES string of the molecule is Cc1cc(CN2CCC[C@](O)(c3cn(C(C)C)nn3)C2)on1. The minimum absolute atomic E-state index is 0.238. The molecule has 22 heavy (non-hydrogen) atoms. The minimum atomic E-state index is -0.944. The third-order valence-corrected chi connectivity index (χ3v) is 4.12. The Bertz CT molecular complexity index is 635. The first-order valence-electron chi connectivity index (χ1n) is 7.75. The van der Waals surface area contributed by atoms with Crippen LogP contribution in [0, 0.1) is 6.92 Å². The Kier molecular flexibility index (Phi) is 4.01. The van der Waals surface area contributed by atoms with Gasteiger partial charge < -0.3 is 9.63 Å². The minimum Gasteiger partial charge on any atom is -0.382 e. The molecule has 2 aromatic rings. The molecule has 1 atom stereocenters. The lowest BCUT2D eigenvalue weighted by molar-refractivity contribution is -0.0432. The van der Waals surface area contributed by atoms with Crippen molar-refractivity contribution in [1.82, 2.24) is 25.1 Å². The van der Waals surface area contributed by atoms with E-state index in [1.165, 1.54) is 0 Å². The molecule has 1 aliphatic heterocycles.